The van der Waals surface area contributed by atoms with E-state index >= 15 is 0 Å². The fourth-order valence-corrected chi connectivity index (χ4v) is 2.77. The highest BCUT2D eigenvalue weighted by molar-refractivity contribution is 6.06. The quantitative estimate of drug-likeness (QED) is 0.788. The van der Waals surface area contributed by atoms with E-state index in [4.69, 9.17) is 4.74 Å². The zero-order chi connectivity index (χ0) is 18.7. The largest absolute Gasteiger partial charge is 0.497 e. The molecule has 1 atom stereocenters. The average molecular weight is 355 g/mol. The Morgan fingerprint density at radius 3 is 2.38 bits per heavy atom. The lowest BCUT2D eigenvalue weighted by Crippen LogP contribution is -2.45. The maximum absolute atomic E-state index is 13.0. The van der Waals surface area contributed by atoms with Crippen molar-refractivity contribution in [3.63, 3.8) is 0 Å². The Labute approximate surface area is 150 Å². The number of methoxy groups -OCH3 is 1. The number of hydrogen-bond acceptors (Lipinski definition) is 3. The maximum Gasteiger partial charge on any atom is 0.319 e. The first-order chi connectivity index (χ1) is 12.5. The Balaban J connectivity index is 1.91. The fraction of sp³-hybridized carbons (Fsp3) is 0.158. The zero-order valence-electron chi connectivity index (χ0n) is 14.3. The number of carbonyl (C=O) groups is 2. The van der Waals surface area contributed by atoms with Crippen LogP contribution in [0, 0.1) is 5.82 Å². The molecule has 0 radical (unpaired) electrons. The summed E-state index contributed by atoms with van der Waals surface area (Å²) in [7, 11) is 1.56. The SMILES string of the molecule is COc1ccc([C@H]2NC(=O)NC(C)=C2C(=O)Nc2ccc(F)cc2)cc1. The molecule has 0 saturated heterocycles. The van der Waals surface area contributed by atoms with E-state index in [9.17, 15) is 14.0 Å². The van der Waals surface area contributed by atoms with Gasteiger partial charge in [-0.3, -0.25) is 4.79 Å². The van der Waals surface area contributed by atoms with E-state index in [0.29, 0.717) is 22.7 Å². The summed E-state index contributed by atoms with van der Waals surface area (Å²) in [6.07, 6.45) is 0. The van der Waals surface area contributed by atoms with Crippen LogP contribution < -0.4 is 20.7 Å². The lowest BCUT2D eigenvalue weighted by atomic mass is 9.94. The molecule has 0 bridgehead atoms. The normalized spacial score (nSPS) is 16.6. The lowest BCUT2D eigenvalue weighted by molar-refractivity contribution is -0.113. The first-order valence-electron chi connectivity index (χ1n) is 7.97. The third-order valence-electron chi connectivity index (χ3n) is 4.06. The number of amides is 3. The standard InChI is InChI=1S/C19H18FN3O3/c1-11-16(18(24)22-14-7-5-13(20)6-8-14)17(23-19(25)21-11)12-3-9-15(26-2)10-4-12/h3-10,17H,1-2H3,(H,22,24)(H2,21,23,25)/t17-/m1/s1. The lowest BCUT2D eigenvalue weighted by Gasteiger charge is -2.28. The van der Waals surface area contributed by atoms with E-state index in [0.717, 1.165) is 5.56 Å². The van der Waals surface area contributed by atoms with E-state index < -0.39 is 6.04 Å². The van der Waals surface area contributed by atoms with Crippen LogP contribution in [0.25, 0.3) is 0 Å². The first-order valence-corrected chi connectivity index (χ1v) is 7.97. The van der Waals surface area contributed by atoms with Crippen molar-refractivity contribution in [3.8, 4) is 5.75 Å². The van der Waals surface area contributed by atoms with Crippen molar-refractivity contribution in [2.45, 2.75) is 13.0 Å². The number of anilines is 1. The van der Waals surface area contributed by atoms with Crippen LogP contribution >= 0.6 is 0 Å². The maximum atomic E-state index is 13.0. The summed E-state index contributed by atoms with van der Waals surface area (Å²) in [5, 5.41) is 8.10. The van der Waals surface area contributed by atoms with Gasteiger partial charge >= 0.3 is 6.03 Å². The molecule has 6 nitrogen and oxygen atoms in total. The second-order valence-electron chi connectivity index (χ2n) is 5.80. The van der Waals surface area contributed by atoms with Gasteiger partial charge in [-0.1, -0.05) is 12.1 Å². The Bertz CT molecular complexity index is 861. The number of urea groups is 1. The molecule has 0 saturated carbocycles. The van der Waals surface area contributed by atoms with Crippen molar-refractivity contribution >= 4 is 17.6 Å². The number of ether oxygens (including phenoxy) is 1. The molecule has 134 valence electrons. The molecule has 0 unspecified atom stereocenters. The number of nitrogens with one attached hydrogen (secondary N) is 3. The van der Waals surface area contributed by atoms with E-state index in [1.807, 2.05) is 0 Å². The summed E-state index contributed by atoms with van der Waals surface area (Å²) in [6, 6.07) is 11.6. The third kappa shape index (κ3) is 3.66. The van der Waals surface area contributed by atoms with Gasteiger partial charge in [0.1, 0.15) is 11.6 Å². The van der Waals surface area contributed by atoms with Crippen LogP contribution in [-0.4, -0.2) is 19.0 Å². The number of carbonyl (C=O) groups excluding carboxylic acids is 2. The highest BCUT2D eigenvalue weighted by Crippen LogP contribution is 2.29. The molecule has 3 amide bonds. The van der Waals surface area contributed by atoms with Gasteiger partial charge in [0.25, 0.3) is 5.91 Å². The van der Waals surface area contributed by atoms with E-state index in [1.165, 1.54) is 24.3 Å². The smallest absolute Gasteiger partial charge is 0.319 e. The molecule has 0 aliphatic carbocycles. The van der Waals surface area contributed by atoms with Crippen LogP contribution in [0.4, 0.5) is 14.9 Å². The molecular formula is C19H18FN3O3. The monoisotopic (exact) mass is 355 g/mol. The third-order valence-corrected chi connectivity index (χ3v) is 4.06. The molecule has 1 aliphatic heterocycles. The van der Waals surface area contributed by atoms with Gasteiger partial charge in [0, 0.05) is 11.4 Å². The molecule has 2 aromatic rings. The second kappa shape index (κ2) is 7.26. The van der Waals surface area contributed by atoms with Crippen molar-refractivity contribution in [2.75, 3.05) is 12.4 Å². The fourth-order valence-electron chi connectivity index (χ4n) is 2.77. The van der Waals surface area contributed by atoms with Crippen molar-refractivity contribution in [2.24, 2.45) is 0 Å². The minimum Gasteiger partial charge on any atom is -0.497 e. The Morgan fingerprint density at radius 2 is 1.77 bits per heavy atom. The van der Waals surface area contributed by atoms with Gasteiger partial charge in [0.2, 0.25) is 0 Å². The molecule has 2 aromatic carbocycles. The second-order valence-corrected chi connectivity index (χ2v) is 5.80. The zero-order valence-corrected chi connectivity index (χ0v) is 14.3. The summed E-state index contributed by atoms with van der Waals surface area (Å²) in [5.74, 6) is -0.101. The highest BCUT2D eigenvalue weighted by Gasteiger charge is 2.31. The summed E-state index contributed by atoms with van der Waals surface area (Å²) in [5.41, 5.74) is 2.03. The summed E-state index contributed by atoms with van der Waals surface area (Å²) < 4.78 is 18.2. The summed E-state index contributed by atoms with van der Waals surface area (Å²) in [6.45, 7) is 1.66. The van der Waals surface area contributed by atoms with Crippen LogP contribution in [0.15, 0.2) is 59.8 Å². The number of rotatable bonds is 4. The number of allylic oxidation sites excluding steroid dienone is 1. The minimum atomic E-state index is -0.616. The predicted molar refractivity (Wildman–Crippen MR) is 95.1 cm³/mol. The van der Waals surface area contributed by atoms with Crippen molar-refractivity contribution in [1.29, 1.82) is 0 Å². The highest BCUT2D eigenvalue weighted by atomic mass is 19.1. The Hall–Kier alpha value is -3.35. The average Bonchev–Trinajstić information content (AvgIpc) is 2.63. The molecule has 3 N–H and O–H groups in total. The van der Waals surface area contributed by atoms with Crippen molar-refractivity contribution < 1.29 is 18.7 Å². The van der Waals surface area contributed by atoms with Gasteiger partial charge in [-0.15, -0.1) is 0 Å². The van der Waals surface area contributed by atoms with Crippen LogP contribution in [-0.2, 0) is 4.79 Å². The molecule has 1 aliphatic rings. The van der Waals surface area contributed by atoms with Crippen LogP contribution in [0.5, 0.6) is 5.75 Å². The van der Waals surface area contributed by atoms with Gasteiger partial charge < -0.3 is 20.7 Å². The van der Waals surface area contributed by atoms with Gasteiger partial charge in [-0.05, 0) is 48.9 Å². The first kappa shape index (κ1) is 17.5. The van der Waals surface area contributed by atoms with Gasteiger partial charge in [-0.25, -0.2) is 9.18 Å². The molecule has 1 heterocycles. The van der Waals surface area contributed by atoms with Crippen LogP contribution in [0.3, 0.4) is 0 Å². The minimum absolute atomic E-state index is 0.374. The molecule has 26 heavy (non-hydrogen) atoms. The van der Waals surface area contributed by atoms with Crippen LogP contribution in [0.2, 0.25) is 0 Å². The van der Waals surface area contributed by atoms with Gasteiger partial charge in [-0.2, -0.15) is 0 Å². The molecule has 7 heteroatoms. The summed E-state index contributed by atoms with van der Waals surface area (Å²) >= 11 is 0. The number of benzene rings is 2. The topological polar surface area (TPSA) is 79.5 Å². The van der Waals surface area contributed by atoms with Crippen LogP contribution in [0.1, 0.15) is 18.5 Å². The Kier molecular flexibility index (Phi) is 4.88. The predicted octanol–water partition coefficient (Wildman–Crippen LogP) is 3.10. The van der Waals surface area contributed by atoms with Gasteiger partial charge in [0.15, 0.2) is 0 Å². The van der Waals surface area contributed by atoms with Gasteiger partial charge in [0.05, 0.1) is 18.7 Å². The van der Waals surface area contributed by atoms with Crippen molar-refractivity contribution in [3.05, 3.63) is 71.2 Å². The van der Waals surface area contributed by atoms with E-state index in [-0.39, 0.29) is 17.8 Å². The number of halogens is 1. The van der Waals surface area contributed by atoms with Crippen molar-refractivity contribution in [1.82, 2.24) is 10.6 Å². The molecular weight excluding hydrogens is 337 g/mol. The number of hydrogen-bond donors (Lipinski definition) is 3. The molecule has 0 fully saturated rings. The molecule has 0 aromatic heterocycles. The molecule has 0 spiro atoms. The van der Waals surface area contributed by atoms with E-state index in [1.54, 1.807) is 38.3 Å². The summed E-state index contributed by atoms with van der Waals surface area (Å²) in [4.78, 5) is 24.7. The molecule has 3 rings (SSSR count). The van der Waals surface area contributed by atoms with E-state index in [2.05, 4.69) is 16.0 Å². The Morgan fingerprint density at radius 1 is 1.12 bits per heavy atom.